The largest absolute Gasteiger partial charge is 0.480 e. The van der Waals surface area contributed by atoms with Crippen LogP contribution in [0.1, 0.15) is 32.9 Å². The first kappa shape index (κ1) is 23.5. The van der Waals surface area contributed by atoms with Gasteiger partial charge < -0.3 is 15.0 Å². The lowest BCUT2D eigenvalue weighted by molar-refractivity contribution is -0.137. The summed E-state index contributed by atoms with van der Waals surface area (Å²) >= 11 is 1.55. The topological polar surface area (TPSA) is 114 Å². The van der Waals surface area contributed by atoms with Crippen LogP contribution in [-0.4, -0.2) is 38.1 Å². The second kappa shape index (κ2) is 9.29. The molecule has 2 N–H and O–H groups in total. The molecule has 4 rings (SSSR count). The van der Waals surface area contributed by atoms with Crippen molar-refractivity contribution in [3.05, 3.63) is 81.2 Å². The van der Waals surface area contributed by atoms with Gasteiger partial charge in [-0.15, -0.1) is 0 Å². The molecule has 0 saturated carbocycles. The predicted octanol–water partition coefficient (Wildman–Crippen LogP) is 2.93. The molecule has 8 nitrogen and oxygen atoms in total. The molecule has 3 heterocycles. The normalized spacial score (nSPS) is 12.9. The molecule has 0 bridgehead atoms. The van der Waals surface area contributed by atoms with Gasteiger partial charge in [-0.3, -0.25) is 24.4 Å². The van der Waals surface area contributed by atoms with Gasteiger partial charge in [-0.05, 0) is 17.7 Å². The summed E-state index contributed by atoms with van der Waals surface area (Å²) in [5.74, 6) is -0.932. The number of nitrogens with zero attached hydrogens (tertiary/aromatic N) is 3. The molecule has 1 amide bonds. The lowest BCUT2D eigenvalue weighted by atomic mass is 10.0. The van der Waals surface area contributed by atoms with Crippen molar-refractivity contribution in [3.8, 4) is 11.3 Å². The first-order chi connectivity index (χ1) is 16.1. The summed E-state index contributed by atoms with van der Waals surface area (Å²) in [4.78, 5) is 44.5. The Hall–Kier alpha value is -3.67. The molecule has 0 spiro atoms. The first-order valence-electron chi connectivity index (χ1n) is 9.96. The molecular weight excluding hydrogens is 473 g/mol. The standard InChI is InChI=1S/C22H17F3N4O4S/c23-22(24,25)16-4-2-1-3-14(16)17-7-26-13(6-27-17)9-29-18-11-34-10-12(18)5-15(21(29)33)20(32)28-8-19(30)31/h1-7H,8-11H2,(H,28,32)(H,30,31). The highest BCUT2D eigenvalue weighted by molar-refractivity contribution is 7.98. The highest BCUT2D eigenvalue weighted by Crippen LogP contribution is 2.36. The number of pyridine rings is 1. The van der Waals surface area contributed by atoms with Crippen LogP contribution >= 0.6 is 11.8 Å². The number of benzene rings is 1. The monoisotopic (exact) mass is 490 g/mol. The molecule has 0 aliphatic carbocycles. The van der Waals surface area contributed by atoms with Crippen LogP contribution in [0.4, 0.5) is 13.2 Å². The third kappa shape index (κ3) is 4.81. The van der Waals surface area contributed by atoms with E-state index in [9.17, 15) is 27.6 Å². The van der Waals surface area contributed by atoms with Crippen LogP contribution in [0.3, 0.4) is 0 Å². The number of carboxylic acids is 1. The number of hydrogen-bond donors (Lipinski definition) is 2. The van der Waals surface area contributed by atoms with E-state index in [1.807, 2.05) is 0 Å². The molecule has 0 radical (unpaired) electrons. The molecule has 0 atom stereocenters. The number of nitrogens with one attached hydrogen (secondary N) is 1. The summed E-state index contributed by atoms with van der Waals surface area (Å²) in [6, 6.07) is 6.50. The SMILES string of the molecule is O=C(O)CNC(=O)c1cc2c(n(Cc3cnc(-c4ccccc4C(F)(F)F)cn3)c1=O)CSC2. The van der Waals surface area contributed by atoms with Gasteiger partial charge in [0.2, 0.25) is 0 Å². The number of carbonyl (C=O) groups excluding carboxylic acids is 1. The Morgan fingerprint density at radius 1 is 1.15 bits per heavy atom. The van der Waals surface area contributed by atoms with Crippen molar-refractivity contribution in [2.24, 2.45) is 0 Å². The smallest absolute Gasteiger partial charge is 0.417 e. The number of thioether (sulfide) groups is 1. The number of alkyl halides is 3. The van der Waals surface area contributed by atoms with E-state index < -0.39 is 35.7 Å². The van der Waals surface area contributed by atoms with Crippen LogP contribution in [0, 0.1) is 0 Å². The minimum absolute atomic E-state index is 0.0339. The highest BCUT2D eigenvalue weighted by atomic mass is 32.2. The van der Waals surface area contributed by atoms with Crippen molar-refractivity contribution in [2.75, 3.05) is 6.54 Å². The Morgan fingerprint density at radius 2 is 1.91 bits per heavy atom. The highest BCUT2D eigenvalue weighted by Gasteiger charge is 2.33. The van der Waals surface area contributed by atoms with E-state index in [1.165, 1.54) is 41.2 Å². The fourth-order valence-electron chi connectivity index (χ4n) is 3.59. The number of halogens is 3. The summed E-state index contributed by atoms with van der Waals surface area (Å²) in [5, 5.41) is 11.0. The number of hydrogen-bond acceptors (Lipinski definition) is 6. The predicted molar refractivity (Wildman–Crippen MR) is 117 cm³/mol. The molecule has 3 aromatic rings. The van der Waals surface area contributed by atoms with Gasteiger partial charge in [0.1, 0.15) is 12.1 Å². The van der Waals surface area contributed by atoms with Crippen molar-refractivity contribution in [2.45, 2.75) is 24.2 Å². The average Bonchev–Trinajstić information content (AvgIpc) is 3.27. The zero-order chi connectivity index (χ0) is 24.5. The van der Waals surface area contributed by atoms with Gasteiger partial charge in [0, 0.05) is 22.8 Å². The number of carbonyl (C=O) groups is 2. The number of carboxylic acid groups (broad SMARTS) is 1. The van der Waals surface area contributed by atoms with Crippen LogP contribution in [0.2, 0.25) is 0 Å². The Morgan fingerprint density at radius 3 is 2.59 bits per heavy atom. The van der Waals surface area contributed by atoms with E-state index in [-0.39, 0.29) is 23.4 Å². The average molecular weight is 490 g/mol. The minimum Gasteiger partial charge on any atom is -0.480 e. The van der Waals surface area contributed by atoms with Crippen molar-refractivity contribution in [1.29, 1.82) is 0 Å². The molecule has 0 saturated heterocycles. The van der Waals surface area contributed by atoms with Gasteiger partial charge in [-0.2, -0.15) is 24.9 Å². The minimum atomic E-state index is -4.55. The van der Waals surface area contributed by atoms with Crippen molar-refractivity contribution in [1.82, 2.24) is 19.9 Å². The Kier molecular flexibility index (Phi) is 6.42. The van der Waals surface area contributed by atoms with E-state index in [0.717, 1.165) is 11.6 Å². The first-order valence-corrected chi connectivity index (χ1v) is 11.1. The number of amides is 1. The summed E-state index contributed by atoms with van der Waals surface area (Å²) < 4.78 is 41.3. The molecule has 176 valence electrons. The molecular formula is C22H17F3N4O4S. The summed E-state index contributed by atoms with van der Waals surface area (Å²) in [6.07, 6.45) is -2.05. The lowest BCUT2D eigenvalue weighted by Gasteiger charge is -2.14. The van der Waals surface area contributed by atoms with Gasteiger partial charge in [-0.1, -0.05) is 18.2 Å². The van der Waals surface area contributed by atoms with Crippen molar-refractivity contribution < 1.29 is 27.9 Å². The quantitative estimate of drug-likeness (QED) is 0.546. The van der Waals surface area contributed by atoms with Crippen molar-refractivity contribution in [3.63, 3.8) is 0 Å². The van der Waals surface area contributed by atoms with Gasteiger partial charge in [0.15, 0.2) is 0 Å². The molecule has 12 heteroatoms. The fourth-order valence-corrected chi connectivity index (χ4v) is 4.69. The summed E-state index contributed by atoms with van der Waals surface area (Å²) in [7, 11) is 0. The van der Waals surface area contributed by atoms with Crippen LogP contribution in [0.15, 0.2) is 47.5 Å². The Bertz CT molecular complexity index is 1320. The van der Waals surface area contributed by atoms with Crippen molar-refractivity contribution >= 4 is 23.6 Å². The van der Waals surface area contributed by atoms with Crippen LogP contribution in [-0.2, 0) is 29.0 Å². The van der Waals surface area contributed by atoms with E-state index in [4.69, 9.17) is 5.11 Å². The van der Waals surface area contributed by atoms with Crippen LogP contribution < -0.4 is 10.9 Å². The second-order valence-electron chi connectivity index (χ2n) is 7.43. The molecule has 0 fully saturated rings. The molecule has 1 aliphatic heterocycles. The lowest BCUT2D eigenvalue weighted by Crippen LogP contribution is -2.37. The second-order valence-corrected chi connectivity index (χ2v) is 8.41. The van der Waals surface area contributed by atoms with E-state index >= 15 is 0 Å². The number of rotatable bonds is 6. The molecule has 2 aromatic heterocycles. The van der Waals surface area contributed by atoms with E-state index in [0.29, 0.717) is 22.9 Å². The van der Waals surface area contributed by atoms with Gasteiger partial charge in [0.05, 0.1) is 35.9 Å². The molecule has 1 aromatic carbocycles. The summed E-state index contributed by atoms with van der Waals surface area (Å²) in [6.45, 7) is -0.674. The van der Waals surface area contributed by atoms with E-state index in [1.54, 1.807) is 11.8 Å². The molecule has 1 aliphatic rings. The summed E-state index contributed by atoms with van der Waals surface area (Å²) in [5.41, 5.74) is 0.0865. The Balaban J connectivity index is 1.66. The maximum absolute atomic E-state index is 13.3. The van der Waals surface area contributed by atoms with Crippen LogP contribution in [0.5, 0.6) is 0 Å². The number of fused-ring (bicyclic) bond motifs is 1. The van der Waals surface area contributed by atoms with Crippen LogP contribution in [0.25, 0.3) is 11.3 Å². The van der Waals surface area contributed by atoms with Gasteiger partial charge in [-0.25, -0.2) is 0 Å². The zero-order valence-corrected chi connectivity index (χ0v) is 18.2. The molecule has 0 unspecified atom stereocenters. The number of aromatic nitrogens is 3. The maximum Gasteiger partial charge on any atom is 0.417 e. The Labute approximate surface area is 194 Å². The van der Waals surface area contributed by atoms with E-state index in [2.05, 4.69) is 15.3 Å². The third-order valence-corrected chi connectivity index (χ3v) is 6.16. The van der Waals surface area contributed by atoms with Gasteiger partial charge >= 0.3 is 12.1 Å². The number of aliphatic carboxylic acids is 1. The third-order valence-electron chi connectivity index (χ3n) is 5.17. The molecule has 34 heavy (non-hydrogen) atoms. The fraction of sp³-hybridized carbons (Fsp3) is 0.227. The maximum atomic E-state index is 13.3. The van der Waals surface area contributed by atoms with Gasteiger partial charge in [0.25, 0.3) is 11.5 Å². The zero-order valence-electron chi connectivity index (χ0n) is 17.4.